The highest BCUT2D eigenvalue weighted by atomic mass is 16.3. The van der Waals surface area contributed by atoms with E-state index in [1.807, 2.05) is 32.0 Å². The predicted octanol–water partition coefficient (Wildman–Crippen LogP) is 4.83. The minimum absolute atomic E-state index is 0.0370. The van der Waals surface area contributed by atoms with Crippen LogP contribution in [-0.4, -0.2) is 63.2 Å². The van der Waals surface area contributed by atoms with E-state index in [2.05, 4.69) is 35.1 Å². The Balaban J connectivity index is 0.00000156. The standard InChI is InChI=1S/C27H35N5O3.C2H6/c1-27(2)10-9-20-23(16-27)29-30-26(20)22-14-18-7-8-19(15-21(18)28-22)32(12-13-33)25(35)17-31-11-5-3-4-6-24(31)34;1-2/h7-8,14-15,28,33H,3-6,9-13,16-17H2,1-2H3,(H,29,30);1-2H3. The topological polar surface area (TPSA) is 105 Å². The van der Waals surface area contributed by atoms with Crippen molar-refractivity contribution in [3.8, 4) is 11.4 Å². The number of carbonyl (C=O) groups excluding carboxylic acids is 2. The van der Waals surface area contributed by atoms with Crippen LogP contribution in [0.2, 0.25) is 0 Å². The molecule has 2 amide bonds. The number of anilines is 1. The molecule has 3 N–H and O–H groups in total. The average molecular weight is 508 g/mol. The molecule has 2 aromatic heterocycles. The van der Waals surface area contributed by atoms with Crippen LogP contribution in [0, 0.1) is 5.41 Å². The Bertz CT molecular complexity index is 1240. The molecule has 3 aromatic rings. The van der Waals surface area contributed by atoms with Gasteiger partial charge in [0.1, 0.15) is 12.2 Å². The largest absolute Gasteiger partial charge is 0.395 e. The van der Waals surface area contributed by atoms with E-state index in [4.69, 9.17) is 0 Å². The first-order chi connectivity index (χ1) is 17.8. The highest BCUT2D eigenvalue weighted by molar-refractivity contribution is 5.99. The van der Waals surface area contributed by atoms with Gasteiger partial charge in [0.15, 0.2) is 0 Å². The fraction of sp³-hybridized carbons (Fsp3) is 0.552. The van der Waals surface area contributed by atoms with Crippen molar-refractivity contribution in [2.45, 2.75) is 72.6 Å². The van der Waals surface area contributed by atoms with E-state index in [0.717, 1.165) is 60.8 Å². The van der Waals surface area contributed by atoms with Crippen molar-refractivity contribution in [3.05, 3.63) is 35.5 Å². The Morgan fingerprint density at radius 2 is 1.97 bits per heavy atom. The summed E-state index contributed by atoms with van der Waals surface area (Å²) in [5.41, 5.74) is 6.34. The molecule has 200 valence electrons. The number of aliphatic hydroxyl groups is 1. The van der Waals surface area contributed by atoms with Crippen LogP contribution in [0.25, 0.3) is 22.3 Å². The van der Waals surface area contributed by atoms with Gasteiger partial charge in [-0.15, -0.1) is 0 Å². The van der Waals surface area contributed by atoms with E-state index in [1.165, 1.54) is 11.3 Å². The normalized spacial score (nSPS) is 17.1. The van der Waals surface area contributed by atoms with Crippen LogP contribution in [0.5, 0.6) is 0 Å². The zero-order valence-corrected chi connectivity index (χ0v) is 22.7. The van der Waals surface area contributed by atoms with Crippen molar-refractivity contribution in [2.75, 3.05) is 31.1 Å². The summed E-state index contributed by atoms with van der Waals surface area (Å²) in [6.45, 7) is 9.28. The monoisotopic (exact) mass is 507 g/mol. The molecule has 0 radical (unpaired) electrons. The van der Waals surface area contributed by atoms with E-state index < -0.39 is 0 Å². The van der Waals surface area contributed by atoms with Crippen LogP contribution >= 0.6 is 0 Å². The summed E-state index contributed by atoms with van der Waals surface area (Å²) >= 11 is 0. The van der Waals surface area contributed by atoms with Gasteiger partial charge in [0.05, 0.1) is 12.3 Å². The lowest BCUT2D eigenvalue weighted by Crippen LogP contribution is -2.44. The van der Waals surface area contributed by atoms with Gasteiger partial charge < -0.3 is 19.9 Å². The quantitative estimate of drug-likeness (QED) is 0.444. The second-order valence-electron chi connectivity index (χ2n) is 10.7. The number of nitrogens with zero attached hydrogens (tertiary/aromatic N) is 3. The summed E-state index contributed by atoms with van der Waals surface area (Å²) in [7, 11) is 0. The van der Waals surface area contributed by atoms with Gasteiger partial charge in [-0.3, -0.25) is 14.7 Å². The molecule has 1 aliphatic carbocycles. The fourth-order valence-corrected chi connectivity index (χ4v) is 5.43. The minimum Gasteiger partial charge on any atom is -0.395 e. The van der Waals surface area contributed by atoms with Crippen LogP contribution in [0.4, 0.5) is 5.69 Å². The van der Waals surface area contributed by atoms with Crippen molar-refractivity contribution >= 4 is 28.4 Å². The third-order valence-electron chi connectivity index (χ3n) is 7.45. The Hall–Kier alpha value is -3.13. The van der Waals surface area contributed by atoms with Gasteiger partial charge >= 0.3 is 0 Å². The summed E-state index contributed by atoms with van der Waals surface area (Å²) in [4.78, 5) is 32.3. The Kier molecular flexibility index (Phi) is 8.37. The lowest BCUT2D eigenvalue weighted by atomic mass is 9.76. The second-order valence-corrected chi connectivity index (χ2v) is 10.7. The molecule has 1 fully saturated rings. The summed E-state index contributed by atoms with van der Waals surface area (Å²) in [5, 5.41) is 18.6. The van der Waals surface area contributed by atoms with E-state index in [0.29, 0.717) is 18.7 Å². The van der Waals surface area contributed by atoms with Gasteiger partial charge in [0.2, 0.25) is 11.8 Å². The molecule has 8 nitrogen and oxygen atoms in total. The van der Waals surface area contributed by atoms with Crippen LogP contribution in [-0.2, 0) is 22.4 Å². The summed E-state index contributed by atoms with van der Waals surface area (Å²) < 4.78 is 0. The number of amides is 2. The zero-order valence-electron chi connectivity index (χ0n) is 22.7. The number of aliphatic hydroxyl groups excluding tert-OH is 1. The van der Waals surface area contributed by atoms with Crippen LogP contribution in [0.3, 0.4) is 0 Å². The van der Waals surface area contributed by atoms with Gasteiger partial charge in [-0.1, -0.05) is 40.2 Å². The van der Waals surface area contributed by atoms with Crippen molar-refractivity contribution in [1.82, 2.24) is 20.1 Å². The molecule has 1 aromatic carbocycles. The maximum Gasteiger partial charge on any atom is 0.246 e. The number of aromatic amines is 2. The molecule has 1 saturated heterocycles. The first kappa shape index (κ1) is 26.9. The number of hydrogen-bond donors (Lipinski definition) is 3. The van der Waals surface area contributed by atoms with Crippen LogP contribution < -0.4 is 4.90 Å². The number of fused-ring (bicyclic) bond motifs is 2. The molecule has 2 aliphatic rings. The van der Waals surface area contributed by atoms with Crippen LogP contribution in [0.15, 0.2) is 24.3 Å². The molecule has 37 heavy (non-hydrogen) atoms. The van der Waals surface area contributed by atoms with E-state index in [1.54, 1.807) is 9.80 Å². The number of carbonyl (C=O) groups is 2. The molecule has 0 bridgehead atoms. The highest BCUT2D eigenvalue weighted by Crippen LogP contribution is 2.38. The van der Waals surface area contributed by atoms with E-state index in [9.17, 15) is 14.7 Å². The zero-order chi connectivity index (χ0) is 26.6. The average Bonchev–Trinajstić information content (AvgIpc) is 3.43. The third kappa shape index (κ3) is 5.90. The molecular formula is C29H41N5O3. The molecular weight excluding hydrogens is 466 g/mol. The first-order valence-corrected chi connectivity index (χ1v) is 13.7. The van der Waals surface area contributed by atoms with Gasteiger partial charge in [0, 0.05) is 47.4 Å². The molecule has 3 heterocycles. The summed E-state index contributed by atoms with van der Waals surface area (Å²) in [6.07, 6.45) is 6.45. The third-order valence-corrected chi connectivity index (χ3v) is 7.45. The Labute approximate surface area is 219 Å². The van der Waals surface area contributed by atoms with Gasteiger partial charge in [-0.2, -0.15) is 5.10 Å². The summed E-state index contributed by atoms with van der Waals surface area (Å²) in [6, 6.07) is 7.93. The lowest BCUT2D eigenvalue weighted by molar-refractivity contribution is -0.134. The lowest BCUT2D eigenvalue weighted by Gasteiger charge is -2.28. The maximum atomic E-state index is 13.2. The molecule has 1 aliphatic heterocycles. The first-order valence-electron chi connectivity index (χ1n) is 13.7. The Morgan fingerprint density at radius 1 is 1.16 bits per heavy atom. The predicted molar refractivity (Wildman–Crippen MR) is 148 cm³/mol. The van der Waals surface area contributed by atoms with E-state index >= 15 is 0 Å². The molecule has 8 heteroatoms. The van der Waals surface area contributed by atoms with Crippen molar-refractivity contribution in [1.29, 1.82) is 0 Å². The van der Waals surface area contributed by atoms with Crippen LogP contribution in [0.1, 0.15) is 71.1 Å². The van der Waals surface area contributed by atoms with E-state index in [-0.39, 0.29) is 36.9 Å². The SMILES string of the molecule is CC.CC1(C)CCc2c(-c3cc4ccc(N(CCO)C(=O)CN5CCCCCC5=O)cc4[nH]3)n[nH]c2C1. The smallest absolute Gasteiger partial charge is 0.246 e. The maximum absolute atomic E-state index is 13.2. The molecule has 0 spiro atoms. The van der Waals surface area contributed by atoms with Gasteiger partial charge in [-0.05, 0) is 55.7 Å². The van der Waals surface area contributed by atoms with Gasteiger partial charge in [0.25, 0.3) is 0 Å². The number of rotatable bonds is 6. The highest BCUT2D eigenvalue weighted by Gasteiger charge is 2.29. The van der Waals surface area contributed by atoms with Crippen molar-refractivity contribution in [3.63, 3.8) is 0 Å². The number of likely N-dealkylation sites (tertiary alicyclic amines) is 1. The number of aromatic nitrogens is 3. The Morgan fingerprint density at radius 3 is 2.76 bits per heavy atom. The van der Waals surface area contributed by atoms with Crippen molar-refractivity contribution in [2.24, 2.45) is 5.41 Å². The molecule has 0 atom stereocenters. The second kappa shape index (κ2) is 11.5. The number of hydrogen-bond acceptors (Lipinski definition) is 4. The fourth-order valence-electron chi connectivity index (χ4n) is 5.43. The summed E-state index contributed by atoms with van der Waals surface area (Å²) in [5.74, 6) is -0.139. The molecule has 0 saturated carbocycles. The number of benzene rings is 1. The van der Waals surface area contributed by atoms with Gasteiger partial charge in [-0.25, -0.2) is 0 Å². The molecule has 5 rings (SSSR count). The minimum atomic E-state index is -0.176. The number of H-pyrrole nitrogens is 2. The number of nitrogens with one attached hydrogen (secondary N) is 2. The van der Waals surface area contributed by atoms with Crippen molar-refractivity contribution < 1.29 is 14.7 Å². The molecule has 0 unspecified atom stereocenters.